The van der Waals surface area contributed by atoms with Crippen LogP contribution in [0.2, 0.25) is 0 Å². The second kappa shape index (κ2) is 7.74. The fourth-order valence-corrected chi connectivity index (χ4v) is 1.96. The Bertz CT molecular complexity index is 452. The molecular formula is C16H23NO2. The average Bonchev–Trinajstić information content (AvgIpc) is 2.39. The Kier molecular flexibility index (Phi) is 6.30. The summed E-state index contributed by atoms with van der Waals surface area (Å²) in [6.45, 7) is 5.67. The molecule has 3 nitrogen and oxygen atoms in total. The number of aryl methyl sites for hydroxylation is 1. The standard InChI is InChI=1S/C16H23NO2/c1-5-15(16(18)19-4)9-10-17(3)12-14-8-6-7-13(2)11-14/h6-9,11H,5,10,12H2,1-4H3. The van der Waals surface area contributed by atoms with Crippen LogP contribution in [0.25, 0.3) is 0 Å². The van der Waals surface area contributed by atoms with E-state index in [-0.39, 0.29) is 5.97 Å². The second-order valence-electron chi connectivity index (χ2n) is 4.76. The zero-order valence-electron chi connectivity index (χ0n) is 12.3. The molecule has 0 atom stereocenters. The van der Waals surface area contributed by atoms with Crippen LogP contribution in [0.3, 0.4) is 0 Å². The third-order valence-electron chi connectivity index (χ3n) is 3.01. The lowest BCUT2D eigenvalue weighted by molar-refractivity contribution is -0.136. The number of carbonyl (C=O) groups is 1. The molecule has 0 aliphatic carbocycles. The van der Waals surface area contributed by atoms with E-state index in [0.717, 1.165) is 18.7 Å². The van der Waals surface area contributed by atoms with Crippen molar-refractivity contribution in [3.05, 3.63) is 47.0 Å². The van der Waals surface area contributed by atoms with Gasteiger partial charge in [0.1, 0.15) is 0 Å². The molecule has 19 heavy (non-hydrogen) atoms. The van der Waals surface area contributed by atoms with Gasteiger partial charge in [0.2, 0.25) is 0 Å². The number of hydrogen-bond acceptors (Lipinski definition) is 3. The summed E-state index contributed by atoms with van der Waals surface area (Å²) in [7, 11) is 3.46. The summed E-state index contributed by atoms with van der Waals surface area (Å²) in [5.74, 6) is -0.230. The SMILES string of the molecule is CCC(=CCN(C)Cc1cccc(C)c1)C(=O)OC. The summed E-state index contributed by atoms with van der Waals surface area (Å²) in [4.78, 5) is 13.6. The van der Waals surface area contributed by atoms with Crippen molar-refractivity contribution in [2.75, 3.05) is 20.7 Å². The fourth-order valence-electron chi connectivity index (χ4n) is 1.96. The van der Waals surface area contributed by atoms with Gasteiger partial charge in [-0.3, -0.25) is 4.90 Å². The second-order valence-corrected chi connectivity index (χ2v) is 4.76. The number of carbonyl (C=O) groups excluding carboxylic acids is 1. The van der Waals surface area contributed by atoms with Crippen LogP contribution in [0.1, 0.15) is 24.5 Å². The van der Waals surface area contributed by atoms with Gasteiger partial charge in [-0.15, -0.1) is 0 Å². The predicted molar refractivity (Wildman–Crippen MR) is 77.9 cm³/mol. The molecular weight excluding hydrogens is 238 g/mol. The van der Waals surface area contributed by atoms with Crippen LogP contribution in [0, 0.1) is 6.92 Å². The van der Waals surface area contributed by atoms with Crippen LogP contribution in [-0.4, -0.2) is 31.6 Å². The molecule has 0 bridgehead atoms. The Morgan fingerprint density at radius 2 is 2.16 bits per heavy atom. The lowest BCUT2D eigenvalue weighted by atomic mass is 10.1. The molecule has 0 spiro atoms. The van der Waals surface area contributed by atoms with Crippen molar-refractivity contribution in [3.8, 4) is 0 Å². The summed E-state index contributed by atoms with van der Waals surface area (Å²) < 4.78 is 4.74. The Morgan fingerprint density at radius 1 is 1.42 bits per heavy atom. The molecule has 0 aromatic heterocycles. The minimum atomic E-state index is -0.230. The molecule has 0 amide bonds. The third kappa shape index (κ3) is 5.26. The lowest BCUT2D eigenvalue weighted by Crippen LogP contribution is -2.19. The molecule has 0 unspecified atom stereocenters. The maximum atomic E-state index is 11.4. The van der Waals surface area contributed by atoms with Crippen LogP contribution in [0.15, 0.2) is 35.9 Å². The Balaban J connectivity index is 2.57. The first kappa shape index (κ1) is 15.4. The van der Waals surface area contributed by atoms with Crippen molar-refractivity contribution < 1.29 is 9.53 Å². The van der Waals surface area contributed by atoms with E-state index in [0.29, 0.717) is 6.42 Å². The highest BCUT2D eigenvalue weighted by Crippen LogP contribution is 2.08. The van der Waals surface area contributed by atoms with Gasteiger partial charge in [0.15, 0.2) is 0 Å². The van der Waals surface area contributed by atoms with Crippen molar-refractivity contribution in [3.63, 3.8) is 0 Å². The van der Waals surface area contributed by atoms with Gasteiger partial charge < -0.3 is 4.74 Å². The number of benzene rings is 1. The largest absolute Gasteiger partial charge is 0.466 e. The highest BCUT2D eigenvalue weighted by Gasteiger charge is 2.07. The van der Waals surface area contributed by atoms with Crippen LogP contribution in [0.5, 0.6) is 0 Å². The van der Waals surface area contributed by atoms with Crippen molar-refractivity contribution in [2.45, 2.75) is 26.8 Å². The van der Waals surface area contributed by atoms with E-state index >= 15 is 0 Å². The fraction of sp³-hybridized carbons (Fsp3) is 0.438. The summed E-state index contributed by atoms with van der Waals surface area (Å²) in [6, 6.07) is 8.46. The van der Waals surface area contributed by atoms with E-state index < -0.39 is 0 Å². The number of ether oxygens (including phenoxy) is 1. The van der Waals surface area contributed by atoms with Gasteiger partial charge in [-0.25, -0.2) is 4.79 Å². The Morgan fingerprint density at radius 3 is 2.74 bits per heavy atom. The van der Waals surface area contributed by atoms with Crippen molar-refractivity contribution in [1.29, 1.82) is 0 Å². The molecule has 1 aromatic carbocycles. The molecule has 0 fully saturated rings. The number of likely N-dealkylation sites (N-methyl/N-ethyl adjacent to an activating group) is 1. The normalized spacial score (nSPS) is 11.7. The van der Waals surface area contributed by atoms with Gasteiger partial charge in [-0.1, -0.05) is 42.8 Å². The molecule has 1 aromatic rings. The number of hydrogen-bond donors (Lipinski definition) is 0. The van der Waals surface area contributed by atoms with E-state index in [1.807, 2.05) is 20.0 Å². The molecule has 1 rings (SSSR count). The van der Waals surface area contributed by atoms with E-state index in [9.17, 15) is 4.79 Å². The highest BCUT2D eigenvalue weighted by molar-refractivity contribution is 5.88. The van der Waals surface area contributed by atoms with Crippen molar-refractivity contribution in [1.82, 2.24) is 4.90 Å². The third-order valence-corrected chi connectivity index (χ3v) is 3.01. The first-order valence-corrected chi connectivity index (χ1v) is 6.58. The van der Waals surface area contributed by atoms with Gasteiger partial charge >= 0.3 is 5.97 Å². The number of nitrogens with zero attached hydrogens (tertiary/aromatic N) is 1. The summed E-state index contributed by atoms with van der Waals surface area (Å²) in [5.41, 5.74) is 3.29. The van der Waals surface area contributed by atoms with E-state index in [4.69, 9.17) is 4.74 Å². The van der Waals surface area contributed by atoms with Crippen LogP contribution in [-0.2, 0) is 16.1 Å². The molecule has 0 aliphatic heterocycles. The molecule has 0 aliphatic rings. The van der Waals surface area contributed by atoms with Gasteiger partial charge in [-0.05, 0) is 26.0 Å². The molecule has 0 N–H and O–H groups in total. The lowest BCUT2D eigenvalue weighted by Gasteiger charge is -2.15. The van der Waals surface area contributed by atoms with Gasteiger partial charge in [0, 0.05) is 18.7 Å². The number of methoxy groups -OCH3 is 1. The van der Waals surface area contributed by atoms with E-state index in [1.165, 1.54) is 18.2 Å². The summed E-state index contributed by atoms with van der Waals surface area (Å²) in [5, 5.41) is 0. The maximum Gasteiger partial charge on any atom is 0.333 e. The zero-order chi connectivity index (χ0) is 14.3. The molecule has 0 saturated heterocycles. The quantitative estimate of drug-likeness (QED) is 0.582. The maximum absolute atomic E-state index is 11.4. The van der Waals surface area contributed by atoms with Crippen LogP contribution < -0.4 is 0 Å². The number of esters is 1. The van der Waals surface area contributed by atoms with E-state index in [2.05, 4.69) is 36.1 Å². The Hall–Kier alpha value is -1.61. The van der Waals surface area contributed by atoms with Gasteiger partial charge in [0.25, 0.3) is 0 Å². The Labute approximate surface area is 115 Å². The average molecular weight is 261 g/mol. The number of rotatable bonds is 6. The summed E-state index contributed by atoms with van der Waals surface area (Å²) in [6.07, 6.45) is 2.65. The smallest absolute Gasteiger partial charge is 0.333 e. The summed E-state index contributed by atoms with van der Waals surface area (Å²) >= 11 is 0. The minimum absolute atomic E-state index is 0.230. The van der Waals surface area contributed by atoms with Crippen LogP contribution >= 0.6 is 0 Å². The minimum Gasteiger partial charge on any atom is -0.466 e. The highest BCUT2D eigenvalue weighted by atomic mass is 16.5. The van der Waals surface area contributed by atoms with Gasteiger partial charge in [-0.2, -0.15) is 0 Å². The first-order valence-electron chi connectivity index (χ1n) is 6.58. The molecule has 0 saturated carbocycles. The molecule has 3 heteroatoms. The molecule has 0 radical (unpaired) electrons. The van der Waals surface area contributed by atoms with Crippen molar-refractivity contribution >= 4 is 5.97 Å². The predicted octanol–water partition coefficient (Wildman–Crippen LogP) is 2.94. The molecule has 104 valence electrons. The first-order chi connectivity index (χ1) is 9.06. The van der Waals surface area contributed by atoms with Crippen LogP contribution in [0.4, 0.5) is 0 Å². The monoisotopic (exact) mass is 261 g/mol. The topological polar surface area (TPSA) is 29.5 Å². The van der Waals surface area contributed by atoms with Crippen molar-refractivity contribution in [2.24, 2.45) is 0 Å². The van der Waals surface area contributed by atoms with Gasteiger partial charge in [0.05, 0.1) is 7.11 Å². The zero-order valence-corrected chi connectivity index (χ0v) is 12.3. The van der Waals surface area contributed by atoms with E-state index in [1.54, 1.807) is 0 Å². The molecule has 0 heterocycles.